The molecule has 368 valence electrons. The molecule has 10 heteroatoms. The first-order valence-electron chi connectivity index (χ1n) is 25.0. The minimum absolute atomic E-state index is 0.182. The molecule has 1 saturated heterocycles. The Morgan fingerprint density at radius 2 is 0.862 bits per heavy atom. The lowest BCUT2D eigenvalue weighted by molar-refractivity contribution is -0.305. The summed E-state index contributed by atoms with van der Waals surface area (Å²) in [4.78, 5) is 25.4. The Hall–Kier alpha value is -3.64. The van der Waals surface area contributed by atoms with Crippen molar-refractivity contribution in [3.8, 4) is 0 Å². The largest absolute Gasteiger partial charge is 0.462 e. The zero-order valence-electron chi connectivity index (χ0n) is 40.2. The minimum Gasteiger partial charge on any atom is -0.462 e. The molecular weight excluding hydrogens is 821 g/mol. The topological polar surface area (TPSA) is 152 Å². The van der Waals surface area contributed by atoms with Crippen LogP contribution in [0.5, 0.6) is 0 Å². The normalized spacial score (nSPS) is 20.2. The molecule has 1 rings (SSSR count). The fraction of sp³-hybridized carbons (Fsp3) is 0.636. The highest BCUT2D eigenvalue weighted by Gasteiger charge is 2.44. The molecule has 1 aliphatic heterocycles. The van der Waals surface area contributed by atoms with Gasteiger partial charge in [-0.05, 0) is 96.3 Å². The van der Waals surface area contributed by atoms with Gasteiger partial charge in [0.15, 0.2) is 12.4 Å². The number of hydrogen-bond donors (Lipinski definition) is 4. The molecule has 6 atom stereocenters. The Labute approximate surface area is 393 Å². The average molecular weight is 909 g/mol. The number of carbonyl (C=O) groups is 2. The van der Waals surface area contributed by atoms with Gasteiger partial charge in [0.1, 0.15) is 31.0 Å². The van der Waals surface area contributed by atoms with E-state index in [4.69, 9.17) is 18.9 Å². The molecule has 1 fully saturated rings. The van der Waals surface area contributed by atoms with Gasteiger partial charge in [0.2, 0.25) is 0 Å². The quantitative estimate of drug-likeness (QED) is 0.0266. The van der Waals surface area contributed by atoms with Crippen LogP contribution < -0.4 is 0 Å². The average Bonchev–Trinajstić information content (AvgIpc) is 3.30. The molecule has 0 spiro atoms. The molecule has 1 heterocycles. The van der Waals surface area contributed by atoms with Gasteiger partial charge in [0.05, 0.1) is 13.2 Å². The van der Waals surface area contributed by atoms with Crippen LogP contribution in [0.1, 0.15) is 168 Å². The number of esters is 2. The van der Waals surface area contributed by atoms with Gasteiger partial charge in [0, 0.05) is 12.8 Å². The lowest BCUT2D eigenvalue weighted by atomic mass is 9.99. The number of unbranched alkanes of at least 4 members (excludes halogenated alkanes) is 11. The van der Waals surface area contributed by atoms with Gasteiger partial charge in [-0.25, -0.2) is 0 Å². The molecule has 0 aromatic heterocycles. The third kappa shape index (κ3) is 35.3. The van der Waals surface area contributed by atoms with Gasteiger partial charge in [-0.1, -0.05) is 168 Å². The molecule has 6 unspecified atom stereocenters. The lowest BCUT2D eigenvalue weighted by Crippen LogP contribution is -2.59. The maximum atomic E-state index is 12.8. The standard InChI is InChI=1S/C55H88O10/c1-3-5-7-9-11-13-15-17-19-21-23-24-26-27-29-31-33-35-37-39-41-43-50(57)62-46-48(47-63-55-54(61)53(60)52(59)49(45-56)65-55)64-51(58)44-42-40-38-36-34-32-30-28-25-22-20-18-16-14-12-10-8-6-4-2/h5-8,11-14,17-20,23-25,28,32,34,48-49,52-56,59-61H,3-4,9-10,15-16,21-22,26-27,29-31,33,35-47H2,1-2H3/b7-5-,8-6-,13-11-,14-12-,19-17-,20-18-,24-23-,28-25-,34-32-. The Balaban J connectivity index is 2.32. The lowest BCUT2D eigenvalue weighted by Gasteiger charge is -2.39. The van der Waals surface area contributed by atoms with Crippen LogP contribution in [-0.2, 0) is 28.5 Å². The van der Waals surface area contributed by atoms with E-state index >= 15 is 0 Å². The van der Waals surface area contributed by atoms with Crippen molar-refractivity contribution in [1.82, 2.24) is 0 Å². The van der Waals surface area contributed by atoms with E-state index < -0.39 is 55.4 Å². The van der Waals surface area contributed by atoms with Gasteiger partial charge < -0.3 is 39.4 Å². The van der Waals surface area contributed by atoms with Gasteiger partial charge in [-0.2, -0.15) is 0 Å². The van der Waals surface area contributed by atoms with E-state index in [9.17, 15) is 30.0 Å². The van der Waals surface area contributed by atoms with Crippen LogP contribution in [0.15, 0.2) is 109 Å². The van der Waals surface area contributed by atoms with Crippen molar-refractivity contribution in [2.45, 2.75) is 205 Å². The highest BCUT2D eigenvalue weighted by Crippen LogP contribution is 2.22. The second-order valence-corrected chi connectivity index (χ2v) is 16.5. The number of hydrogen-bond acceptors (Lipinski definition) is 10. The summed E-state index contributed by atoms with van der Waals surface area (Å²) in [6.45, 7) is 3.14. The van der Waals surface area contributed by atoms with Gasteiger partial charge in [-0.3, -0.25) is 9.59 Å². The molecule has 65 heavy (non-hydrogen) atoms. The van der Waals surface area contributed by atoms with E-state index in [1.54, 1.807) is 0 Å². The Kier molecular flexibility index (Phi) is 40.4. The molecule has 10 nitrogen and oxygen atoms in total. The third-order valence-corrected chi connectivity index (χ3v) is 10.7. The summed E-state index contributed by atoms with van der Waals surface area (Å²) >= 11 is 0. The summed E-state index contributed by atoms with van der Waals surface area (Å²) in [5, 5.41) is 40.2. The summed E-state index contributed by atoms with van der Waals surface area (Å²) in [7, 11) is 0. The molecule has 1 aliphatic rings. The zero-order chi connectivity index (χ0) is 47.3. The molecule has 0 radical (unpaired) electrons. The molecule has 0 aromatic rings. The zero-order valence-corrected chi connectivity index (χ0v) is 40.2. The first-order chi connectivity index (χ1) is 31.8. The number of allylic oxidation sites excluding steroid dienone is 18. The van der Waals surface area contributed by atoms with E-state index in [1.165, 1.54) is 25.7 Å². The van der Waals surface area contributed by atoms with Crippen LogP contribution >= 0.6 is 0 Å². The summed E-state index contributed by atoms with van der Waals surface area (Å²) in [5.41, 5.74) is 0. The van der Waals surface area contributed by atoms with Crippen molar-refractivity contribution < 1.29 is 49.0 Å². The summed E-state index contributed by atoms with van der Waals surface area (Å²) in [5.74, 6) is -0.863. The van der Waals surface area contributed by atoms with Crippen LogP contribution in [-0.4, -0.2) is 89.0 Å². The van der Waals surface area contributed by atoms with Crippen molar-refractivity contribution in [3.05, 3.63) is 109 Å². The minimum atomic E-state index is -1.61. The number of carbonyl (C=O) groups excluding carboxylic acids is 2. The van der Waals surface area contributed by atoms with E-state index in [2.05, 4.69) is 123 Å². The van der Waals surface area contributed by atoms with Crippen LogP contribution in [0.25, 0.3) is 0 Å². The van der Waals surface area contributed by atoms with E-state index in [-0.39, 0.29) is 26.1 Å². The van der Waals surface area contributed by atoms with Crippen molar-refractivity contribution in [2.24, 2.45) is 0 Å². The van der Waals surface area contributed by atoms with Crippen LogP contribution in [0.4, 0.5) is 0 Å². The predicted molar refractivity (Wildman–Crippen MR) is 265 cm³/mol. The van der Waals surface area contributed by atoms with Crippen LogP contribution in [0.3, 0.4) is 0 Å². The SMILES string of the molecule is CC/C=C\C/C=C\C/C=C\C/C=C\C/C=C\CCCCCC(=O)OC(COC(=O)CCCCCCCCCC/C=C\C/C=C\C/C=C\C/C=C\CC)COC1OC(CO)C(O)C(O)C1O. The monoisotopic (exact) mass is 909 g/mol. The smallest absolute Gasteiger partial charge is 0.306 e. The van der Waals surface area contributed by atoms with Crippen LogP contribution in [0.2, 0.25) is 0 Å². The summed E-state index contributed by atoms with van der Waals surface area (Å²) in [6.07, 6.45) is 53.7. The van der Waals surface area contributed by atoms with E-state index in [1.807, 2.05) is 0 Å². The molecule has 0 bridgehead atoms. The van der Waals surface area contributed by atoms with E-state index in [0.29, 0.717) is 12.8 Å². The second kappa shape index (κ2) is 44.2. The highest BCUT2D eigenvalue weighted by atomic mass is 16.7. The van der Waals surface area contributed by atoms with Crippen molar-refractivity contribution in [3.63, 3.8) is 0 Å². The maximum Gasteiger partial charge on any atom is 0.306 e. The molecule has 0 saturated carbocycles. The fourth-order valence-electron chi connectivity index (χ4n) is 6.79. The molecular formula is C55H88O10. The van der Waals surface area contributed by atoms with Gasteiger partial charge in [0.25, 0.3) is 0 Å². The van der Waals surface area contributed by atoms with Crippen molar-refractivity contribution >= 4 is 11.9 Å². The first-order valence-corrected chi connectivity index (χ1v) is 25.0. The number of ether oxygens (including phenoxy) is 4. The Morgan fingerprint density at radius 1 is 0.477 bits per heavy atom. The number of aliphatic hydroxyl groups is 4. The molecule has 0 aliphatic carbocycles. The van der Waals surface area contributed by atoms with Gasteiger partial charge >= 0.3 is 11.9 Å². The van der Waals surface area contributed by atoms with Crippen molar-refractivity contribution in [2.75, 3.05) is 19.8 Å². The van der Waals surface area contributed by atoms with E-state index in [0.717, 1.165) is 103 Å². The summed E-state index contributed by atoms with van der Waals surface area (Å²) < 4.78 is 22.2. The molecule has 4 N–H and O–H groups in total. The first kappa shape index (κ1) is 59.4. The third-order valence-electron chi connectivity index (χ3n) is 10.7. The summed E-state index contributed by atoms with van der Waals surface area (Å²) in [6, 6.07) is 0. The molecule has 0 amide bonds. The number of aliphatic hydroxyl groups excluding tert-OH is 4. The van der Waals surface area contributed by atoms with Crippen LogP contribution in [0, 0.1) is 0 Å². The van der Waals surface area contributed by atoms with Gasteiger partial charge in [-0.15, -0.1) is 0 Å². The number of rotatable bonds is 40. The fourth-order valence-corrected chi connectivity index (χ4v) is 6.79. The van der Waals surface area contributed by atoms with Crippen molar-refractivity contribution in [1.29, 1.82) is 0 Å². The highest BCUT2D eigenvalue weighted by molar-refractivity contribution is 5.70. The Morgan fingerprint density at radius 3 is 1.31 bits per heavy atom. The predicted octanol–water partition coefficient (Wildman–Crippen LogP) is 11.7. The maximum absolute atomic E-state index is 12.8. The molecule has 0 aromatic carbocycles. The Bertz CT molecular complexity index is 1420. The second-order valence-electron chi connectivity index (χ2n) is 16.5.